The van der Waals surface area contributed by atoms with Crippen molar-refractivity contribution in [3.05, 3.63) is 59.9 Å². The lowest BCUT2D eigenvalue weighted by molar-refractivity contribution is -0.921. The van der Waals surface area contributed by atoms with Crippen LogP contribution in [-0.4, -0.2) is 25.5 Å². The van der Waals surface area contributed by atoms with Gasteiger partial charge in [-0.25, -0.2) is 4.39 Å². The molecule has 4 nitrogen and oxygen atoms in total. The summed E-state index contributed by atoms with van der Waals surface area (Å²) in [6.07, 6.45) is 6.62. The van der Waals surface area contributed by atoms with Crippen molar-refractivity contribution in [3.8, 4) is 0 Å². The molecule has 1 atom stereocenters. The molecular weight excluding hydrogens is 341 g/mol. The summed E-state index contributed by atoms with van der Waals surface area (Å²) >= 11 is 0. The van der Waals surface area contributed by atoms with Gasteiger partial charge in [-0.15, -0.1) is 0 Å². The normalized spacial score (nSPS) is 15.9. The molecule has 0 saturated heterocycles. The molecule has 0 heterocycles. The largest absolute Gasteiger partial charge is 0.376 e. The minimum atomic E-state index is -0.427. The van der Waals surface area contributed by atoms with Gasteiger partial charge in [0.2, 0.25) is 5.91 Å². The van der Waals surface area contributed by atoms with Crippen molar-refractivity contribution >= 4 is 17.3 Å². The second-order valence-electron chi connectivity index (χ2n) is 7.40. The van der Waals surface area contributed by atoms with Crippen molar-refractivity contribution in [1.29, 1.82) is 0 Å². The highest BCUT2D eigenvalue weighted by atomic mass is 19.1. The molecule has 5 heteroatoms. The second-order valence-corrected chi connectivity index (χ2v) is 7.40. The van der Waals surface area contributed by atoms with Crippen LogP contribution in [-0.2, 0) is 11.3 Å². The van der Waals surface area contributed by atoms with Crippen LogP contribution >= 0.6 is 0 Å². The predicted octanol–water partition coefficient (Wildman–Crippen LogP) is 3.22. The Hall–Kier alpha value is -2.40. The fourth-order valence-electron chi connectivity index (χ4n) is 3.82. The first-order chi connectivity index (χ1) is 13.1. The van der Waals surface area contributed by atoms with E-state index in [4.69, 9.17) is 0 Å². The molecule has 0 radical (unpaired) electrons. The Morgan fingerprint density at radius 1 is 1.04 bits per heavy atom. The number of rotatable bonds is 7. The zero-order valence-electron chi connectivity index (χ0n) is 15.9. The van der Waals surface area contributed by atoms with Crippen molar-refractivity contribution in [2.45, 2.75) is 44.7 Å². The molecule has 1 aliphatic rings. The van der Waals surface area contributed by atoms with Crippen molar-refractivity contribution in [2.75, 3.05) is 24.2 Å². The van der Waals surface area contributed by atoms with Crippen LogP contribution in [0.4, 0.5) is 15.8 Å². The van der Waals surface area contributed by atoms with Gasteiger partial charge in [-0.05, 0) is 43.9 Å². The average Bonchev–Trinajstić information content (AvgIpc) is 2.70. The van der Waals surface area contributed by atoms with E-state index in [9.17, 15) is 9.18 Å². The maximum atomic E-state index is 13.7. The SMILES string of the molecule is C[NH+](Cc1ccccc1NCC(=O)Nc1ccccc1F)C1CCCCC1. The summed E-state index contributed by atoms with van der Waals surface area (Å²) in [5.41, 5.74) is 2.38. The van der Waals surface area contributed by atoms with Crippen LogP contribution in [0.25, 0.3) is 0 Å². The number of carbonyl (C=O) groups excluding carboxylic acids is 1. The summed E-state index contributed by atoms with van der Waals surface area (Å²) in [6.45, 7) is 1.04. The molecule has 1 saturated carbocycles. The molecule has 2 aromatic rings. The topological polar surface area (TPSA) is 45.6 Å². The van der Waals surface area contributed by atoms with E-state index in [-0.39, 0.29) is 18.1 Å². The Morgan fingerprint density at radius 3 is 2.44 bits per heavy atom. The second kappa shape index (κ2) is 9.51. The number of quaternary nitrogens is 1. The van der Waals surface area contributed by atoms with Gasteiger partial charge in [0, 0.05) is 11.3 Å². The summed E-state index contributed by atoms with van der Waals surface area (Å²) in [5, 5.41) is 5.82. The van der Waals surface area contributed by atoms with Gasteiger partial charge in [0.15, 0.2) is 0 Å². The molecule has 1 amide bonds. The molecule has 0 bridgehead atoms. The summed E-state index contributed by atoms with van der Waals surface area (Å²) in [7, 11) is 2.26. The highest BCUT2D eigenvalue weighted by molar-refractivity contribution is 5.93. The quantitative estimate of drug-likeness (QED) is 0.701. The van der Waals surface area contributed by atoms with Crippen LogP contribution < -0.4 is 15.5 Å². The van der Waals surface area contributed by atoms with E-state index in [1.807, 2.05) is 18.2 Å². The van der Waals surface area contributed by atoms with E-state index in [2.05, 4.69) is 23.7 Å². The number of carbonyl (C=O) groups is 1. The Bertz CT molecular complexity index is 759. The Balaban J connectivity index is 1.57. The first-order valence-electron chi connectivity index (χ1n) is 9.82. The van der Waals surface area contributed by atoms with Crippen LogP contribution in [0.1, 0.15) is 37.7 Å². The van der Waals surface area contributed by atoms with E-state index in [1.54, 1.807) is 18.2 Å². The molecule has 2 aromatic carbocycles. The first kappa shape index (κ1) is 19.4. The van der Waals surface area contributed by atoms with E-state index in [0.717, 1.165) is 18.3 Å². The number of hydrogen-bond donors (Lipinski definition) is 3. The number of anilines is 2. The third-order valence-electron chi connectivity index (χ3n) is 5.38. The van der Waals surface area contributed by atoms with Crippen LogP contribution in [0.2, 0.25) is 0 Å². The smallest absolute Gasteiger partial charge is 0.243 e. The number of para-hydroxylation sites is 2. The molecule has 27 heavy (non-hydrogen) atoms. The summed E-state index contributed by atoms with van der Waals surface area (Å²) in [6, 6.07) is 15.0. The van der Waals surface area contributed by atoms with Gasteiger partial charge in [-0.2, -0.15) is 0 Å². The van der Waals surface area contributed by atoms with Gasteiger partial charge in [-0.3, -0.25) is 4.79 Å². The molecule has 1 fully saturated rings. The van der Waals surface area contributed by atoms with E-state index >= 15 is 0 Å². The van der Waals surface area contributed by atoms with E-state index in [0.29, 0.717) is 0 Å². The third kappa shape index (κ3) is 5.54. The molecule has 0 aliphatic heterocycles. The van der Waals surface area contributed by atoms with Gasteiger partial charge < -0.3 is 15.5 Å². The molecule has 3 rings (SSSR count). The summed E-state index contributed by atoms with van der Waals surface area (Å²) in [4.78, 5) is 13.7. The zero-order chi connectivity index (χ0) is 19.1. The lowest BCUT2D eigenvalue weighted by atomic mass is 9.94. The van der Waals surface area contributed by atoms with Gasteiger partial charge in [0.1, 0.15) is 12.4 Å². The highest BCUT2D eigenvalue weighted by Crippen LogP contribution is 2.18. The molecule has 144 valence electrons. The fourth-order valence-corrected chi connectivity index (χ4v) is 3.82. The molecule has 3 N–H and O–H groups in total. The maximum absolute atomic E-state index is 13.7. The number of amides is 1. The van der Waals surface area contributed by atoms with Crippen molar-refractivity contribution in [3.63, 3.8) is 0 Å². The molecule has 0 spiro atoms. The minimum absolute atomic E-state index is 0.105. The number of hydrogen-bond acceptors (Lipinski definition) is 2. The molecular formula is C22H29FN3O+. The average molecular weight is 370 g/mol. The Morgan fingerprint density at radius 2 is 1.70 bits per heavy atom. The highest BCUT2D eigenvalue weighted by Gasteiger charge is 2.22. The van der Waals surface area contributed by atoms with E-state index in [1.165, 1.54) is 48.6 Å². The zero-order valence-corrected chi connectivity index (χ0v) is 15.9. The monoisotopic (exact) mass is 370 g/mol. The van der Waals surface area contributed by atoms with Gasteiger partial charge >= 0.3 is 0 Å². The lowest BCUT2D eigenvalue weighted by Gasteiger charge is -2.28. The predicted molar refractivity (Wildman–Crippen MR) is 107 cm³/mol. The molecule has 0 aromatic heterocycles. The first-order valence-corrected chi connectivity index (χ1v) is 9.82. The Kier molecular flexibility index (Phi) is 6.82. The van der Waals surface area contributed by atoms with E-state index < -0.39 is 5.82 Å². The Labute approximate surface area is 160 Å². The van der Waals surface area contributed by atoms with Crippen molar-refractivity contribution < 1.29 is 14.1 Å². The van der Waals surface area contributed by atoms with Crippen LogP contribution in [0.3, 0.4) is 0 Å². The van der Waals surface area contributed by atoms with Gasteiger partial charge in [0.05, 0.1) is 25.3 Å². The molecule has 1 unspecified atom stereocenters. The lowest BCUT2D eigenvalue weighted by Crippen LogP contribution is -3.11. The summed E-state index contributed by atoms with van der Waals surface area (Å²) in [5.74, 6) is -0.688. The fraction of sp³-hybridized carbons (Fsp3) is 0.409. The maximum Gasteiger partial charge on any atom is 0.243 e. The van der Waals surface area contributed by atoms with Crippen LogP contribution in [0, 0.1) is 5.82 Å². The van der Waals surface area contributed by atoms with Gasteiger partial charge in [-0.1, -0.05) is 36.8 Å². The number of halogens is 1. The minimum Gasteiger partial charge on any atom is -0.376 e. The van der Waals surface area contributed by atoms with Crippen LogP contribution in [0.15, 0.2) is 48.5 Å². The molecule has 1 aliphatic carbocycles. The third-order valence-corrected chi connectivity index (χ3v) is 5.38. The van der Waals surface area contributed by atoms with Crippen molar-refractivity contribution in [1.82, 2.24) is 0 Å². The number of benzene rings is 2. The summed E-state index contributed by atoms with van der Waals surface area (Å²) < 4.78 is 13.7. The van der Waals surface area contributed by atoms with Crippen molar-refractivity contribution in [2.24, 2.45) is 0 Å². The number of nitrogens with one attached hydrogen (secondary N) is 3. The van der Waals surface area contributed by atoms with Gasteiger partial charge in [0.25, 0.3) is 0 Å². The standard InChI is InChI=1S/C22H28FN3O/c1-26(18-10-3-2-4-11-18)16-17-9-5-7-13-20(17)24-15-22(27)25-21-14-8-6-12-19(21)23/h5-9,12-14,18,24H,2-4,10-11,15-16H2,1H3,(H,25,27)/p+1. The van der Waals surface area contributed by atoms with Crippen LogP contribution in [0.5, 0.6) is 0 Å².